The minimum Gasteiger partial charge on any atom is -0.489 e. The second-order valence-electron chi connectivity index (χ2n) is 7.85. The van der Waals surface area contributed by atoms with Crippen LogP contribution < -0.4 is 10.1 Å². The van der Waals surface area contributed by atoms with Crippen molar-refractivity contribution in [2.45, 2.75) is 37.9 Å². The van der Waals surface area contributed by atoms with E-state index in [9.17, 15) is 17.6 Å². The van der Waals surface area contributed by atoms with E-state index in [0.29, 0.717) is 11.3 Å². The zero-order valence-corrected chi connectivity index (χ0v) is 18.9. The monoisotopic (exact) mass is 451 g/mol. The van der Waals surface area contributed by atoms with Crippen LogP contribution in [0.1, 0.15) is 26.3 Å². The predicted octanol–water partition coefficient (Wildman–Crippen LogP) is 4.03. The average molecular weight is 452 g/mol. The zero-order valence-electron chi connectivity index (χ0n) is 18.0. The Balaban J connectivity index is 2.34. The fourth-order valence-corrected chi connectivity index (χ4v) is 3.48. The lowest BCUT2D eigenvalue weighted by molar-refractivity contribution is 0.0636. The molecule has 1 N–H and O–H groups in total. The van der Waals surface area contributed by atoms with Crippen LogP contribution in [0.4, 0.5) is 14.9 Å². The van der Waals surface area contributed by atoms with Gasteiger partial charge in [0.15, 0.2) is 0 Å². The molecule has 0 spiro atoms. The first-order valence-electron chi connectivity index (χ1n) is 9.34. The number of anilines is 1. The molecule has 2 aromatic carbocycles. The van der Waals surface area contributed by atoms with Crippen LogP contribution in [-0.2, 0) is 21.4 Å². The van der Waals surface area contributed by atoms with Gasteiger partial charge in [-0.25, -0.2) is 9.18 Å². The number of nitrogens with one attached hydrogen (secondary N) is 1. The molecule has 0 atom stereocenters. The Morgan fingerprint density at radius 3 is 2.39 bits per heavy atom. The number of benzene rings is 2. The predicted molar refractivity (Wildman–Crippen MR) is 116 cm³/mol. The van der Waals surface area contributed by atoms with E-state index >= 15 is 0 Å². The van der Waals surface area contributed by atoms with E-state index < -0.39 is 27.5 Å². The topological polar surface area (TPSA) is 97.3 Å². The molecule has 10 heteroatoms. The lowest BCUT2D eigenvalue weighted by atomic mass is 10.2. The number of carbonyl (C=O) groups is 1. The Kier molecular flexibility index (Phi) is 7.61. The second kappa shape index (κ2) is 9.78. The second-order valence-corrected chi connectivity index (χ2v) is 9.45. The highest BCUT2D eigenvalue weighted by Gasteiger charge is 2.21. The third kappa shape index (κ3) is 7.89. The van der Waals surface area contributed by atoms with Crippen LogP contribution in [0.2, 0.25) is 0 Å². The summed E-state index contributed by atoms with van der Waals surface area (Å²) in [6, 6.07) is 9.68. The third-order valence-electron chi connectivity index (χ3n) is 3.62. The van der Waals surface area contributed by atoms with E-state index in [1.165, 1.54) is 47.4 Å². The number of rotatable bonds is 7. The van der Waals surface area contributed by atoms with Gasteiger partial charge in [-0.3, -0.25) is 5.32 Å². The summed E-state index contributed by atoms with van der Waals surface area (Å²) in [7, 11) is -0.821. The molecule has 0 unspecified atom stereocenters. The Bertz CT molecular complexity index is 1050. The number of sulfonamides is 1. The van der Waals surface area contributed by atoms with Crippen LogP contribution in [-0.4, -0.2) is 45.4 Å². The smallest absolute Gasteiger partial charge is 0.412 e. The first kappa shape index (κ1) is 24.1. The van der Waals surface area contributed by atoms with E-state index in [2.05, 4.69) is 9.71 Å². The fourth-order valence-electron chi connectivity index (χ4n) is 2.32. The molecular formula is C21H26FN3O5S. The number of ether oxygens (including phenoxy) is 2. The summed E-state index contributed by atoms with van der Waals surface area (Å²) < 4.78 is 53.1. The Morgan fingerprint density at radius 2 is 1.81 bits per heavy atom. The number of halogens is 1. The van der Waals surface area contributed by atoms with Crippen LogP contribution in [0.15, 0.2) is 51.8 Å². The first-order chi connectivity index (χ1) is 14.4. The van der Waals surface area contributed by atoms with Gasteiger partial charge in [-0.1, -0.05) is 6.07 Å². The summed E-state index contributed by atoms with van der Waals surface area (Å²) in [5.41, 5.74) is -0.175. The van der Waals surface area contributed by atoms with Gasteiger partial charge in [0.1, 0.15) is 30.1 Å². The summed E-state index contributed by atoms with van der Waals surface area (Å²) in [5.74, 6) is -0.0382. The van der Waals surface area contributed by atoms with Gasteiger partial charge in [0.05, 0.1) is 4.90 Å². The lowest BCUT2D eigenvalue weighted by Crippen LogP contribution is -2.27. The van der Waals surface area contributed by atoms with Crippen LogP contribution >= 0.6 is 0 Å². The van der Waals surface area contributed by atoms with Gasteiger partial charge in [-0.2, -0.15) is 8.42 Å². The standard InChI is InChI=1S/C21H26FN3O5S/c1-21(2,3)30-20(26)24-17-9-6-15(13-29-18-10-7-16(22)8-11-18)19(12-17)31(27,28)23-14-25(4)5/h6-12,14H,13H2,1-5H3,(H,24,26). The molecule has 31 heavy (non-hydrogen) atoms. The van der Waals surface area contributed by atoms with Gasteiger partial charge in [-0.05, 0) is 57.2 Å². The van der Waals surface area contributed by atoms with Crippen molar-refractivity contribution in [3.8, 4) is 5.75 Å². The quantitative estimate of drug-likeness (QED) is 0.504. The molecule has 0 aliphatic carbocycles. The molecule has 8 nitrogen and oxygen atoms in total. The highest BCUT2D eigenvalue weighted by atomic mass is 32.2. The molecule has 0 saturated carbocycles. The largest absolute Gasteiger partial charge is 0.489 e. The maximum atomic E-state index is 13.1. The Morgan fingerprint density at radius 1 is 1.16 bits per heavy atom. The molecule has 1 amide bonds. The molecule has 2 rings (SSSR count). The molecule has 168 valence electrons. The molecular weight excluding hydrogens is 425 g/mol. The normalized spacial score (nSPS) is 11.9. The van der Waals surface area contributed by atoms with Crippen LogP contribution in [0.3, 0.4) is 0 Å². The maximum absolute atomic E-state index is 13.1. The molecule has 0 fully saturated rings. The maximum Gasteiger partial charge on any atom is 0.412 e. The van der Waals surface area contributed by atoms with Gasteiger partial charge in [0, 0.05) is 25.3 Å². The van der Waals surface area contributed by atoms with Crippen LogP contribution in [0.25, 0.3) is 0 Å². The summed E-state index contributed by atoms with van der Waals surface area (Å²) in [6.07, 6.45) is 0.441. The summed E-state index contributed by atoms with van der Waals surface area (Å²) in [6.45, 7) is 5.04. The average Bonchev–Trinajstić information content (AvgIpc) is 2.65. The first-order valence-corrected chi connectivity index (χ1v) is 10.8. The van der Waals surface area contributed by atoms with Crippen molar-refractivity contribution in [3.05, 3.63) is 53.8 Å². The van der Waals surface area contributed by atoms with Crippen molar-refractivity contribution in [2.24, 2.45) is 4.40 Å². The van der Waals surface area contributed by atoms with Gasteiger partial charge in [0.2, 0.25) is 0 Å². The van der Waals surface area contributed by atoms with Crippen molar-refractivity contribution in [2.75, 3.05) is 19.4 Å². The van der Waals surface area contributed by atoms with Crippen molar-refractivity contribution in [3.63, 3.8) is 0 Å². The molecule has 0 aliphatic heterocycles. The summed E-state index contributed by atoms with van der Waals surface area (Å²) >= 11 is 0. The molecule has 0 heterocycles. The molecule has 0 aliphatic rings. The number of carbonyl (C=O) groups excluding carboxylic acids is 1. The van der Waals surface area contributed by atoms with E-state index in [4.69, 9.17) is 9.47 Å². The minimum absolute atomic E-state index is 0.107. The number of hydrogen-bond acceptors (Lipinski definition) is 5. The van der Waals surface area contributed by atoms with E-state index in [0.717, 1.165) is 6.34 Å². The van der Waals surface area contributed by atoms with E-state index in [-0.39, 0.29) is 17.2 Å². The fraction of sp³-hybridized carbons (Fsp3) is 0.333. The molecule has 0 aromatic heterocycles. The third-order valence-corrected chi connectivity index (χ3v) is 4.92. The van der Waals surface area contributed by atoms with Crippen molar-refractivity contribution in [1.82, 2.24) is 4.90 Å². The molecule has 0 bridgehead atoms. The van der Waals surface area contributed by atoms with Gasteiger partial charge in [0.25, 0.3) is 10.0 Å². The van der Waals surface area contributed by atoms with Crippen molar-refractivity contribution < 1.29 is 27.1 Å². The van der Waals surface area contributed by atoms with Gasteiger partial charge < -0.3 is 14.4 Å². The van der Waals surface area contributed by atoms with Gasteiger partial charge >= 0.3 is 6.09 Å². The Labute approximate surface area is 181 Å². The summed E-state index contributed by atoms with van der Waals surface area (Å²) in [5, 5.41) is 2.51. The van der Waals surface area contributed by atoms with Crippen LogP contribution in [0, 0.1) is 5.82 Å². The molecule has 0 radical (unpaired) electrons. The molecule has 2 aromatic rings. The molecule has 0 saturated heterocycles. The highest BCUT2D eigenvalue weighted by molar-refractivity contribution is 7.90. The number of nitrogens with zero attached hydrogens (tertiary/aromatic N) is 2. The Hall–Kier alpha value is -3.14. The van der Waals surface area contributed by atoms with Gasteiger partial charge in [-0.15, -0.1) is 4.40 Å². The van der Waals surface area contributed by atoms with Crippen molar-refractivity contribution >= 4 is 28.1 Å². The minimum atomic E-state index is -4.09. The van der Waals surface area contributed by atoms with E-state index in [1.54, 1.807) is 34.9 Å². The van der Waals surface area contributed by atoms with E-state index in [1.807, 2.05) is 0 Å². The number of amides is 1. The lowest BCUT2D eigenvalue weighted by Gasteiger charge is -2.20. The number of hydrogen-bond donors (Lipinski definition) is 1. The summed E-state index contributed by atoms with van der Waals surface area (Å²) in [4.78, 5) is 13.4. The van der Waals surface area contributed by atoms with Crippen LogP contribution in [0.5, 0.6) is 5.75 Å². The SMILES string of the molecule is CN(C)C=NS(=O)(=O)c1cc(NC(=O)OC(C)(C)C)ccc1COc1ccc(F)cc1. The zero-order chi connectivity index (χ0) is 23.2. The highest BCUT2D eigenvalue weighted by Crippen LogP contribution is 2.25. The van der Waals surface area contributed by atoms with Crippen molar-refractivity contribution in [1.29, 1.82) is 0 Å².